The highest BCUT2D eigenvalue weighted by atomic mass is 32.1. The molecule has 488 valence electrons. The molecule has 102 heavy (non-hydrogen) atoms. The van der Waals surface area contributed by atoms with Crippen LogP contribution < -0.4 is 13.2 Å². The third kappa shape index (κ3) is 9.33. The Bertz CT molecular complexity index is 6860. The molecular weight excluding hydrogens is 1290 g/mol. The Morgan fingerprint density at radius 2 is 0.980 bits per heavy atom. The maximum atomic E-state index is 5.71. The molecule has 19 nitrogen and oxygen atoms in total. The van der Waals surface area contributed by atoms with E-state index in [0.717, 1.165) is 81.2 Å². The van der Waals surface area contributed by atoms with Gasteiger partial charge in [-0.2, -0.15) is 22.8 Å². The van der Waals surface area contributed by atoms with Crippen molar-refractivity contribution in [1.82, 2.24) is 70.9 Å². The maximum absolute atomic E-state index is 5.71. The van der Waals surface area contributed by atoms with E-state index in [2.05, 4.69) is 259 Å². The lowest BCUT2D eigenvalue weighted by Crippen LogP contribution is -2.19. The fraction of sp³-hybridized carbons (Fsp3) is 0.0732. The Morgan fingerprint density at radius 1 is 0.431 bits per heavy atom. The monoisotopic (exact) mass is 1350 g/mol. The van der Waals surface area contributed by atoms with Gasteiger partial charge in [-0.3, -0.25) is 33.7 Å². The van der Waals surface area contributed by atoms with Gasteiger partial charge in [-0.05, 0) is 77.8 Å². The second-order valence-electron chi connectivity index (χ2n) is 25.9. The lowest BCUT2D eigenvalue weighted by molar-refractivity contribution is -0.508. The zero-order chi connectivity index (χ0) is 67.7. The number of thiazole rings is 1. The van der Waals surface area contributed by atoms with Gasteiger partial charge in [0.25, 0.3) is 0 Å². The number of oxazole rings is 1. The van der Waals surface area contributed by atoms with Crippen LogP contribution in [-0.4, -0.2) is 70.9 Å². The zero-order valence-electron chi connectivity index (χ0n) is 55.5. The van der Waals surface area contributed by atoms with Gasteiger partial charge in [0.2, 0.25) is 5.78 Å². The van der Waals surface area contributed by atoms with E-state index < -0.39 is 0 Å². The second kappa shape index (κ2) is 23.4. The standard InChI is InChI=1S/C21H15N4.C16H14N4.C15H11N4.C15H11N3O.C15H10N3S/c1-2-7-16(8-3-1)25-18-10-11-22-12-19(18)24-14-20-17-9-5-4-6-15(17)13-23(20)21(24)25;1-11-5-3-4-6-12(11)13-10-20-15-9-17-8-7-14(15)19(2)16(20)18-13;1-2-4-13-11(3-1)8-19-14(13)10-17-9-12-7-16-5-6-18(12)15(17)19;1-10-4-2-3-5-11(10)12-9-18-13-8-16-7-6-14(13)19-15(18)17-12;1-2-4-11-10(3-1)8-17-13(11)9-18-12-7-16-6-5-14(12)19-15(17)18/h1-12,14H,13H2;3-10H,1-2H3;1-7,9-10H,8H2;2-9H,1H3;1-7,9H,8H2/q+1;;+1;;+1. The number of benzene rings is 6. The van der Waals surface area contributed by atoms with Crippen LogP contribution in [0.5, 0.6) is 0 Å². The molecule has 24 rings (SSSR count). The molecule has 0 unspecified atom stereocenters. The lowest BCUT2D eigenvalue weighted by atomic mass is 10.1. The van der Waals surface area contributed by atoms with E-state index in [1.165, 1.54) is 99.4 Å². The minimum atomic E-state index is 0.598. The van der Waals surface area contributed by atoms with Gasteiger partial charge in [-0.1, -0.05) is 140 Å². The van der Waals surface area contributed by atoms with Gasteiger partial charge in [-0.25, -0.2) is 23.1 Å². The summed E-state index contributed by atoms with van der Waals surface area (Å²) in [6.45, 7) is 7.01. The van der Waals surface area contributed by atoms with Gasteiger partial charge in [0.05, 0.1) is 83.6 Å². The average molecular weight is 1350 g/mol. The summed E-state index contributed by atoms with van der Waals surface area (Å²) in [5.41, 5.74) is 28.4. The molecule has 0 amide bonds. The van der Waals surface area contributed by atoms with Gasteiger partial charge in [0.15, 0.2) is 27.8 Å². The molecule has 0 saturated carbocycles. The first-order valence-corrected chi connectivity index (χ1v) is 34.6. The molecular formula is C82H61N18OS+3. The van der Waals surface area contributed by atoms with Crippen molar-refractivity contribution < 1.29 is 17.6 Å². The Labute approximate surface area is 585 Å². The zero-order valence-corrected chi connectivity index (χ0v) is 56.4. The molecule has 0 fully saturated rings. The molecule has 3 aliphatic rings. The Hall–Kier alpha value is -13.5. The highest BCUT2D eigenvalue weighted by molar-refractivity contribution is 7.23. The molecule has 6 aromatic carbocycles. The number of hydrogen-bond donors (Lipinski definition) is 0. The van der Waals surface area contributed by atoms with Crippen molar-refractivity contribution in [3.05, 3.63) is 309 Å². The van der Waals surface area contributed by atoms with Crippen molar-refractivity contribution in [1.29, 1.82) is 0 Å². The lowest BCUT2D eigenvalue weighted by Gasteiger charge is -2.01. The smallest absolute Gasteiger partial charge is 0.375 e. The summed E-state index contributed by atoms with van der Waals surface area (Å²) in [6.07, 6.45) is 33.4. The Morgan fingerprint density at radius 3 is 1.70 bits per heavy atom. The van der Waals surface area contributed by atoms with Crippen molar-refractivity contribution in [2.24, 2.45) is 7.05 Å². The summed E-state index contributed by atoms with van der Waals surface area (Å²) < 4.78 is 31.5. The van der Waals surface area contributed by atoms with E-state index in [1.807, 2.05) is 121 Å². The van der Waals surface area contributed by atoms with Crippen molar-refractivity contribution in [3.63, 3.8) is 0 Å². The molecule has 0 saturated heterocycles. The van der Waals surface area contributed by atoms with Gasteiger partial charge >= 0.3 is 22.4 Å². The average Bonchev–Trinajstić information content (AvgIpc) is 1.56. The van der Waals surface area contributed by atoms with E-state index in [-0.39, 0.29) is 0 Å². The number of fused-ring (bicyclic) bond motifs is 27. The highest BCUT2D eigenvalue weighted by Gasteiger charge is 2.34. The van der Waals surface area contributed by atoms with Crippen LogP contribution in [0.15, 0.2) is 286 Å². The molecule has 0 radical (unpaired) electrons. The Balaban J connectivity index is 0.0000000858. The molecule has 3 aliphatic heterocycles. The number of nitrogens with zero attached hydrogens (tertiary/aromatic N) is 18. The molecule has 18 heterocycles. The van der Waals surface area contributed by atoms with E-state index >= 15 is 0 Å². The predicted octanol–water partition coefficient (Wildman–Crippen LogP) is 15.0. The minimum Gasteiger partial charge on any atom is -0.423 e. The molecule has 0 bridgehead atoms. The highest BCUT2D eigenvalue weighted by Crippen LogP contribution is 2.38. The van der Waals surface area contributed by atoms with E-state index in [9.17, 15) is 0 Å². The molecule has 0 aliphatic carbocycles. The minimum absolute atomic E-state index is 0.598. The van der Waals surface area contributed by atoms with Crippen LogP contribution in [0.3, 0.4) is 0 Å². The second-order valence-corrected chi connectivity index (χ2v) is 26.9. The fourth-order valence-corrected chi connectivity index (χ4v) is 16.2. The van der Waals surface area contributed by atoms with Crippen LogP contribution in [0, 0.1) is 13.8 Å². The molecule has 20 heteroatoms. The maximum Gasteiger partial charge on any atom is 0.375 e. The topological polar surface area (TPSA) is 154 Å². The van der Waals surface area contributed by atoms with Crippen LogP contribution in [-0.2, 0) is 26.7 Å². The van der Waals surface area contributed by atoms with Gasteiger partial charge in [-0.15, -0.1) is 0 Å². The van der Waals surface area contributed by atoms with E-state index in [0.29, 0.717) is 5.84 Å². The molecule has 15 aromatic heterocycles. The van der Waals surface area contributed by atoms with Crippen molar-refractivity contribution >= 4 is 88.4 Å². The van der Waals surface area contributed by atoms with Crippen molar-refractivity contribution in [2.75, 3.05) is 0 Å². The van der Waals surface area contributed by atoms with Crippen molar-refractivity contribution in [2.45, 2.75) is 33.5 Å². The summed E-state index contributed by atoms with van der Waals surface area (Å²) in [7, 11) is 2.03. The SMILES string of the molecule is Cc1ccccc1-c1cn2c(n1)oc1ccncc12.Cc1ccccc1-c1cn2c3cnccc3n(C)c2n1.c1ccc(-n2c3ccncc3[n+]3cc4n(c23)Cc2ccccc2-4)cc1.c1ccc2c(c1)Cn1c-2c[n+]2c3cnccc3sc12.c1ccc2c(c1)Cn1c-2c[n+]2cc3cnccn3c12. The summed E-state index contributed by atoms with van der Waals surface area (Å²) in [5.74, 6) is 3.89. The fourth-order valence-electron chi connectivity index (χ4n) is 15.1. The van der Waals surface area contributed by atoms with Gasteiger partial charge in [0, 0.05) is 83.7 Å². The number of rotatable bonds is 3. The first-order chi connectivity index (χ1) is 50.3. The van der Waals surface area contributed by atoms with Gasteiger partial charge in [0.1, 0.15) is 59.4 Å². The number of imidazole rings is 8. The van der Waals surface area contributed by atoms with Crippen molar-refractivity contribution in [3.8, 4) is 62.0 Å². The predicted molar refractivity (Wildman–Crippen MR) is 396 cm³/mol. The number of pyridine rings is 4. The van der Waals surface area contributed by atoms with Crippen LogP contribution >= 0.6 is 11.3 Å². The summed E-state index contributed by atoms with van der Waals surface area (Å²) in [6, 6.07) is 61.0. The molecule has 21 aromatic rings. The first kappa shape index (κ1) is 58.7. The quantitative estimate of drug-likeness (QED) is 0.158. The van der Waals surface area contributed by atoms with Crippen LogP contribution in [0.25, 0.3) is 139 Å². The number of para-hydroxylation sites is 1. The molecule has 0 atom stereocenters. The van der Waals surface area contributed by atoms with Crippen LogP contribution in [0.4, 0.5) is 0 Å². The third-order valence-corrected chi connectivity index (χ3v) is 21.1. The normalized spacial score (nSPS) is 12.3. The van der Waals surface area contributed by atoms with E-state index in [1.54, 1.807) is 12.4 Å². The van der Waals surface area contributed by atoms with E-state index in [4.69, 9.17) is 9.40 Å². The van der Waals surface area contributed by atoms with Crippen LogP contribution in [0.1, 0.15) is 27.8 Å². The number of hydrogen-bond acceptors (Lipinski definition) is 9. The Kier molecular flexibility index (Phi) is 13.4. The number of aryl methyl sites for hydroxylation is 3. The summed E-state index contributed by atoms with van der Waals surface area (Å²) >= 11 is 1.83. The third-order valence-electron chi connectivity index (χ3n) is 20.0. The summed E-state index contributed by atoms with van der Waals surface area (Å²) in [4.78, 5) is 31.7. The largest absolute Gasteiger partial charge is 0.423 e. The van der Waals surface area contributed by atoms with Crippen LogP contribution in [0.2, 0.25) is 0 Å². The number of aromatic nitrogens is 18. The summed E-state index contributed by atoms with van der Waals surface area (Å²) in [5, 5.41) is 0. The van der Waals surface area contributed by atoms with Gasteiger partial charge < -0.3 is 8.98 Å². The molecule has 0 N–H and O–H groups in total. The molecule has 0 spiro atoms. The first-order valence-electron chi connectivity index (χ1n) is 33.8.